The quantitative estimate of drug-likeness (QED) is 0.846. The van der Waals surface area contributed by atoms with Gasteiger partial charge in [0.15, 0.2) is 6.04 Å². The predicted octanol–water partition coefficient (Wildman–Crippen LogP) is 3.07. The molecule has 1 atom stereocenters. The van der Waals surface area contributed by atoms with E-state index in [1.165, 1.54) is 12.0 Å². The van der Waals surface area contributed by atoms with Gasteiger partial charge >= 0.3 is 0 Å². The van der Waals surface area contributed by atoms with Gasteiger partial charge in [-0.2, -0.15) is 5.26 Å². The van der Waals surface area contributed by atoms with Crippen LogP contribution in [0.1, 0.15) is 27.7 Å². The third-order valence-corrected chi connectivity index (χ3v) is 4.11. The Hall–Kier alpha value is -2.39. The summed E-state index contributed by atoms with van der Waals surface area (Å²) in [6.45, 7) is 0.388. The maximum atomic E-state index is 12.6. The number of aromatic nitrogens is 1. The van der Waals surface area contributed by atoms with Gasteiger partial charge in [-0.1, -0.05) is 22.0 Å². The minimum atomic E-state index is -0.783. The van der Waals surface area contributed by atoms with Gasteiger partial charge in [0.1, 0.15) is 11.4 Å². The van der Waals surface area contributed by atoms with Crippen LogP contribution in [0.4, 0.5) is 0 Å². The van der Waals surface area contributed by atoms with Crippen molar-refractivity contribution in [3.63, 3.8) is 0 Å². The zero-order valence-electron chi connectivity index (χ0n) is 11.8. The molecule has 1 amide bonds. The van der Waals surface area contributed by atoms with Crippen LogP contribution < -0.4 is 4.74 Å². The third-order valence-electron chi connectivity index (χ3n) is 3.62. The standard InChI is InChI=1S/C16H12BrN3O2/c1-22-14-3-2-6-19-15(14)13(8-18)20-9-10-4-5-11(17)7-12(10)16(20)21/h2-7,13H,9H2,1H3. The van der Waals surface area contributed by atoms with E-state index in [4.69, 9.17) is 4.74 Å². The number of amides is 1. The topological polar surface area (TPSA) is 66.2 Å². The van der Waals surface area contributed by atoms with E-state index in [1.54, 1.807) is 24.4 Å². The van der Waals surface area contributed by atoms with Gasteiger partial charge in [-0.15, -0.1) is 0 Å². The summed E-state index contributed by atoms with van der Waals surface area (Å²) in [6.07, 6.45) is 1.59. The minimum absolute atomic E-state index is 0.171. The number of methoxy groups -OCH3 is 1. The summed E-state index contributed by atoms with van der Waals surface area (Å²) in [5, 5.41) is 9.56. The van der Waals surface area contributed by atoms with E-state index >= 15 is 0 Å². The van der Waals surface area contributed by atoms with Gasteiger partial charge < -0.3 is 9.64 Å². The number of hydrogen-bond donors (Lipinski definition) is 0. The van der Waals surface area contributed by atoms with Gasteiger partial charge in [-0.3, -0.25) is 9.78 Å². The second-order valence-electron chi connectivity index (χ2n) is 4.86. The van der Waals surface area contributed by atoms with Gasteiger partial charge in [0.2, 0.25) is 0 Å². The molecule has 0 aliphatic carbocycles. The van der Waals surface area contributed by atoms with Crippen molar-refractivity contribution in [2.24, 2.45) is 0 Å². The monoisotopic (exact) mass is 357 g/mol. The Morgan fingerprint density at radius 2 is 2.27 bits per heavy atom. The molecular weight excluding hydrogens is 346 g/mol. The summed E-state index contributed by atoms with van der Waals surface area (Å²) >= 11 is 3.37. The summed E-state index contributed by atoms with van der Waals surface area (Å²) in [6, 6.07) is 10.4. The van der Waals surface area contributed by atoms with Crippen LogP contribution >= 0.6 is 15.9 Å². The van der Waals surface area contributed by atoms with Crippen LogP contribution in [-0.4, -0.2) is 22.9 Å². The highest BCUT2D eigenvalue weighted by atomic mass is 79.9. The average Bonchev–Trinajstić information content (AvgIpc) is 2.86. The minimum Gasteiger partial charge on any atom is -0.495 e. The van der Waals surface area contributed by atoms with Gasteiger partial charge in [0.05, 0.1) is 13.2 Å². The summed E-state index contributed by atoms with van der Waals surface area (Å²) < 4.78 is 6.10. The molecule has 0 radical (unpaired) electrons. The van der Waals surface area contributed by atoms with Crippen molar-refractivity contribution in [1.29, 1.82) is 5.26 Å². The number of carbonyl (C=O) groups excluding carboxylic acids is 1. The fraction of sp³-hybridized carbons (Fsp3) is 0.188. The molecule has 0 saturated heterocycles. The highest BCUT2D eigenvalue weighted by molar-refractivity contribution is 9.10. The van der Waals surface area contributed by atoms with Crippen LogP contribution in [0.5, 0.6) is 5.75 Å². The molecular formula is C16H12BrN3O2. The van der Waals surface area contributed by atoms with Gasteiger partial charge in [-0.25, -0.2) is 0 Å². The van der Waals surface area contributed by atoms with E-state index in [9.17, 15) is 10.1 Å². The van der Waals surface area contributed by atoms with Crippen LogP contribution in [0, 0.1) is 11.3 Å². The first kappa shape index (κ1) is 14.5. The van der Waals surface area contributed by atoms with Crippen LogP contribution in [0.2, 0.25) is 0 Å². The Morgan fingerprint density at radius 1 is 1.45 bits per heavy atom. The smallest absolute Gasteiger partial charge is 0.255 e. The molecule has 0 spiro atoms. The lowest BCUT2D eigenvalue weighted by molar-refractivity contribution is 0.0736. The number of nitriles is 1. The van der Waals surface area contributed by atoms with Crippen molar-refractivity contribution in [2.45, 2.75) is 12.6 Å². The maximum Gasteiger partial charge on any atom is 0.255 e. The van der Waals surface area contributed by atoms with Crippen LogP contribution in [0.25, 0.3) is 0 Å². The molecule has 1 unspecified atom stereocenters. The number of pyridine rings is 1. The van der Waals surface area contributed by atoms with Crippen LogP contribution in [0.3, 0.4) is 0 Å². The normalized spacial score (nSPS) is 14.4. The Bertz CT molecular complexity index is 785. The van der Waals surface area contributed by atoms with Gasteiger partial charge in [-0.05, 0) is 29.8 Å². The molecule has 0 bridgehead atoms. The first-order chi connectivity index (χ1) is 10.7. The molecule has 1 aromatic heterocycles. The molecule has 0 N–H and O–H groups in total. The molecule has 1 aliphatic rings. The Kier molecular flexibility index (Phi) is 3.82. The third kappa shape index (κ3) is 2.34. The first-order valence-corrected chi connectivity index (χ1v) is 7.43. The van der Waals surface area contributed by atoms with E-state index in [0.717, 1.165) is 10.0 Å². The van der Waals surface area contributed by atoms with Crippen LogP contribution in [0.15, 0.2) is 41.0 Å². The van der Waals surface area contributed by atoms with Gasteiger partial charge in [0.25, 0.3) is 5.91 Å². The van der Waals surface area contributed by atoms with Crippen molar-refractivity contribution in [3.8, 4) is 11.8 Å². The maximum absolute atomic E-state index is 12.6. The molecule has 110 valence electrons. The van der Waals surface area contributed by atoms with Crippen molar-refractivity contribution < 1.29 is 9.53 Å². The SMILES string of the molecule is COc1cccnc1C(C#N)N1Cc2ccc(Br)cc2C1=O. The summed E-state index contributed by atoms with van der Waals surface area (Å²) in [7, 11) is 1.52. The van der Waals surface area contributed by atoms with E-state index in [-0.39, 0.29) is 5.91 Å². The van der Waals surface area contributed by atoms with Crippen LogP contribution in [-0.2, 0) is 6.54 Å². The molecule has 0 fully saturated rings. The van der Waals surface area contributed by atoms with E-state index in [0.29, 0.717) is 23.6 Å². The lowest BCUT2D eigenvalue weighted by atomic mass is 10.1. The van der Waals surface area contributed by atoms with E-state index in [2.05, 4.69) is 27.0 Å². The molecule has 2 heterocycles. The summed E-state index contributed by atoms with van der Waals surface area (Å²) in [5.41, 5.74) is 1.97. The Balaban J connectivity index is 2.00. The average molecular weight is 358 g/mol. The number of nitrogens with zero attached hydrogens (tertiary/aromatic N) is 3. The zero-order valence-corrected chi connectivity index (χ0v) is 13.4. The fourth-order valence-electron chi connectivity index (χ4n) is 2.56. The zero-order chi connectivity index (χ0) is 15.7. The number of halogens is 1. The molecule has 1 aliphatic heterocycles. The number of benzene rings is 1. The number of carbonyl (C=O) groups is 1. The molecule has 6 heteroatoms. The van der Waals surface area contributed by atoms with Gasteiger partial charge in [0, 0.05) is 22.8 Å². The first-order valence-electron chi connectivity index (χ1n) is 6.63. The summed E-state index contributed by atoms with van der Waals surface area (Å²) in [4.78, 5) is 18.4. The molecule has 1 aromatic carbocycles. The highest BCUT2D eigenvalue weighted by Crippen LogP contribution is 2.34. The van der Waals surface area contributed by atoms with Crippen molar-refractivity contribution in [3.05, 3.63) is 57.8 Å². The van der Waals surface area contributed by atoms with Crippen molar-refractivity contribution in [1.82, 2.24) is 9.88 Å². The Morgan fingerprint density at radius 3 is 3.00 bits per heavy atom. The van der Waals surface area contributed by atoms with E-state index in [1.807, 2.05) is 12.1 Å². The molecule has 0 saturated carbocycles. The lowest BCUT2D eigenvalue weighted by Crippen LogP contribution is -2.29. The number of fused-ring (bicyclic) bond motifs is 1. The highest BCUT2D eigenvalue weighted by Gasteiger charge is 2.35. The van der Waals surface area contributed by atoms with Crippen molar-refractivity contribution >= 4 is 21.8 Å². The Labute approximate surface area is 136 Å². The molecule has 22 heavy (non-hydrogen) atoms. The van der Waals surface area contributed by atoms with Crippen molar-refractivity contribution in [2.75, 3.05) is 7.11 Å². The largest absolute Gasteiger partial charge is 0.495 e. The number of ether oxygens (including phenoxy) is 1. The fourth-order valence-corrected chi connectivity index (χ4v) is 2.92. The molecule has 5 nitrogen and oxygen atoms in total. The van der Waals surface area contributed by atoms with E-state index < -0.39 is 6.04 Å². The summed E-state index contributed by atoms with van der Waals surface area (Å²) in [5.74, 6) is 0.328. The second-order valence-corrected chi connectivity index (χ2v) is 5.77. The number of rotatable bonds is 3. The predicted molar refractivity (Wildman–Crippen MR) is 83.2 cm³/mol. The lowest BCUT2D eigenvalue weighted by Gasteiger charge is -2.22. The second kappa shape index (κ2) is 5.78. The molecule has 2 aromatic rings. The molecule has 3 rings (SSSR count). The number of hydrogen-bond acceptors (Lipinski definition) is 4.